The van der Waals surface area contributed by atoms with Gasteiger partial charge in [0.05, 0.1) is 19.8 Å². The summed E-state index contributed by atoms with van der Waals surface area (Å²) >= 11 is 0. The van der Waals surface area contributed by atoms with Gasteiger partial charge in [0.15, 0.2) is 0 Å². The number of esters is 1. The van der Waals surface area contributed by atoms with Gasteiger partial charge in [0, 0.05) is 5.92 Å². The molecule has 0 aliphatic rings. The van der Waals surface area contributed by atoms with E-state index in [-0.39, 0.29) is 11.3 Å². The Morgan fingerprint density at radius 1 is 1.29 bits per heavy atom. The summed E-state index contributed by atoms with van der Waals surface area (Å²) in [6, 6.07) is 4.47. The second-order valence-electron chi connectivity index (χ2n) is 2.93. The lowest BCUT2D eigenvalue weighted by atomic mass is 10.1. The van der Waals surface area contributed by atoms with Gasteiger partial charge in [-0.2, -0.15) is 0 Å². The number of rotatable bonds is 2. The molecule has 1 rings (SSSR count). The third-order valence-electron chi connectivity index (χ3n) is 1.93. The lowest BCUT2D eigenvalue weighted by Gasteiger charge is -2.06. The minimum Gasteiger partial charge on any atom is -0.495 e. The molecule has 0 bridgehead atoms. The highest BCUT2D eigenvalue weighted by molar-refractivity contribution is 5.93. The third kappa shape index (κ3) is 2.98. The maximum atomic E-state index is 10.9. The van der Waals surface area contributed by atoms with E-state index in [2.05, 4.69) is 16.6 Å². The quantitative estimate of drug-likeness (QED) is 0.608. The summed E-state index contributed by atoms with van der Waals surface area (Å²) in [5.41, 5.74) is 0.307. The number of hydrogen-bond donors (Lipinski definition) is 1. The molecule has 0 amide bonds. The molecule has 0 atom stereocenters. The number of carbonyl (C=O) groups is 2. The molecule has 0 radical (unpaired) electrons. The molecule has 0 saturated carbocycles. The molecular formula is C12H10O5. The smallest absolute Gasteiger partial charge is 0.384 e. The number of carbonyl (C=O) groups excluding carboxylic acids is 1. The largest absolute Gasteiger partial charge is 0.495 e. The first-order chi connectivity index (χ1) is 8.10. The van der Waals surface area contributed by atoms with Crippen molar-refractivity contribution in [2.75, 3.05) is 14.2 Å². The van der Waals surface area contributed by atoms with Gasteiger partial charge in [-0.15, -0.1) is 0 Å². The molecule has 0 spiro atoms. The van der Waals surface area contributed by atoms with Crippen molar-refractivity contribution in [3.8, 4) is 17.6 Å². The van der Waals surface area contributed by atoms with E-state index in [1.807, 2.05) is 0 Å². The van der Waals surface area contributed by atoms with E-state index in [9.17, 15) is 9.59 Å². The number of hydrogen-bond acceptors (Lipinski definition) is 4. The van der Waals surface area contributed by atoms with Crippen molar-refractivity contribution < 1.29 is 24.2 Å². The summed E-state index contributed by atoms with van der Waals surface area (Å²) in [7, 11) is 2.55. The van der Waals surface area contributed by atoms with Crippen LogP contribution in [0.4, 0.5) is 0 Å². The Kier molecular flexibility index (Phi) is 4.12. The fourth-order valence-corrected chi connectivity index (χ4v) is 1.19. The van der Waals surface area contributed by atoms with Crippen molar-refractivity contribution in [1.29, 1.82) is 0 Å². The van der Waals surface area contributed by atoms with Gasteiger partial charge in [-0.05, 0) is 12.1 Å². The van der Waals surface area contributed by atoms with Gasteiger partial charge in [0.25, 0.3) is 0 Å². The summed E-state index contributed by atoms with van der Waals surface area (Å²) in [5, 5.41) is 8.92. The molecular weight excluding hydrogens is 224 g/mol. The fourth-order valence-electron chi connectivity index (χ4n) is 1.19. The average molecular weight is 234 g/mol. The van der Waals surface area contributed by atoms with Crippen molar-refractivity contribution in [2.24, 2.45) is 0 Å². The highest BCUT2D eigenvalue weighted by Crippen LogP contribution is 2.22. The lowest BCUT2D eigenvalue weighted by molar-refractivity contribution is -0.133. The Labute approximate surface area is 98.0 Å². The molecule has 0 saturated heterocycles. The van der Waals surface area contributed by atoms with Crippen molar-refractivity contribution >= 4 is 11.9 Å². The number of benzene rings is 1. The Morgan fingerprint density at radius 3 is 2.53 bits per heavy atom. The van der Waals surface area contributed by atoms with E-state index in [1.165, 1.54) is 26.4 Å². The molecule has 5 nitrogen and oxygen atoms in total. The van der Waals surface area contributed by atoms with Crippen molar-refractivity contribution in [3.05, 3.63) is 29.3 Å². The van der Waals surface area contributed by atoms with Gasteiger partial charge in [0.1, 0.15) is 11.3 Å². The summed E-state index contributed by atoms with van der Waals surface area (Å²) < 4.78 is 9.32. The van der Waals surface area contributed by atoms with Crippen molar-refractivity contribution in [3.63, 3.8) is 0 Å². The second-order valence-corrected chi connectivity index (χ2v) is 2.93. The first kappa shape index (κ1) is 12.6. The van der Waals surface area contributed by atoms with Gasteiger partial charge in [-0.1, -0.05) is 12.0 Å². The maximum Gasteiger partial charge on any atom is 0.384 e. The predicted molar refractivity (Wildman–Crippen MR) is 58.8 cm³/mol. The molecule has 0 aliphatic carbocycles. The zero-order chi connectivity index (χ0) is 12.8. The highest BCUT2D eigenvalue weighted by Gasteiger charge is 2.13. The number of ether oxygens (including phenoxy) is 2. The van der Waals surface area contributed by atoms with Crippen LogP contribution in [0.1, 0.15) is 15.9 Å². The summed E-state index contributed by atoms with van der Waals surface area (Å²) in [5.74, 6) is 3.00. The number of carboxylic acids is 1. The normalized spacial score (nSPS) is 8.82. The summed E-state index contributed by atoms with van der Waals surface area (Å²) in [6.45, 7) is 0. The van der Waals surface area contributed by atoms with Crippen LogP contribution in [0.3, 0.4) is 0 Å². The zero-order valence-corrected chi connectivity index (χ0v) is 9.31. The number of aromatic carboxylic acids is 1. The molecule has 0 fully saturated rings. The molecule has 88 valence electrons. The molecule has 0 aromatic heterocycles. The molecule has 0 unspecified atom stereocenters. The SMILES string of the molecule is COC(=O)C#Cc1cccc(C(=O)O)c1OC. The fraction of sp³-hybridized carbons (Fsp3) is 0.167. The van der Waals surface area contributed by atoms with E-state index < -0.39 is 11.9 Å². The van der Waals surface area contributed by atoms with Crippen LogP contribution in [0.5, 0.6) is 5.75 Å². The lowest BCUT2D eigenvalue weighted by Crippen LogP contribution is -2.02. The van der Waals surface area contributed by atoms with E-state index in [0.717, 1.165) is 0 Å². The first-order valence-corrected chi connectivity index (χ1v) is 4.60. The van der Waals surface area contributed by atoms with E-state index >= 15 is 0 Å². The van der Waals surface area contributed by atoms with Crippen molar-refractivity contribution in [2.45, 2.75) is 0 Å². The minimum absolute atomic E-state index is 0.0100. The Morgan fingerprint density at radius 2 is 2.00 bits per heavy atom. The Hall–Kier alpha value is -2.48. The average Bonchev–Trinajstić information content (AvgIpc) is 2.34. The van der Waals surface area contributed by atoms with Gasteiger partial charge >= 0.3 is 11.9 Å². The monoisotopic (exact) mass is 234 g/mol. The van der Waals surface area contributed by atoms with Crippen LogP contribution in [-0.4, -0.2) is 31.3 Å². The van der Waals surface area contributed by atoms with Gasteiger partial charge in [0.2, 0.25) is 0 Å². The third-order valence-corrected chi connectivity index (χ3v) is 1.93. The van der Waals surface area contributed by atoms with Crippen LogP contribution in [0.15, 0.2) is 18.2 Å². The van der Waals surface area contributed by atoms with E-state index in [4.69, 9.17) is 9.84 Å². The standard InChI is InChI=1S/C12H10O5/c1-16-10(13)7-6-8-4-3-5-9(12(14)15)11(8)17-2/h3-5H,1-2H3,(H,14,15). The van der Waals surface area contributed by atoms with Crippen LogP contribution in [0, 0.1) is 11.8 Å². The van der Waals surface area contributed by atoms with Gasteiger partial charge in [-0.25, -0.2) is 9.59 Å². The molecule has 1 aromatic carbocycles. The zero-order valence-electron chi connectivity index (χ0n) is 9.31. The van der Waals surface area contributed by atoms with Gasteiger partial charge in [-0.3, -0.25) is 0 Å². The van der Waals surface area contributed by atoms with Gasteiger partial charge < -0.3 is 14.6 Å². The molecule has 5 heteroatoms. The van der Waals surface area contributed by atoms with Crippen LogP contribution < -0.4 is 4.74 Å². The number of carboxylic acid groups (broad SMARTS) is 1. The molecule has 1 N–H and O–H groups in total. The molecule has 0 aliphatic heterocycles. The van der Waals surface area contributed by atoms with Crippen LogP contribution in [0.2, 0.25) is 0 Å². The summed E-state index contributed by atoms with van der Waals surface area (Å²) in [4.78, 5) is 21.8. The Bertz CT molecular complexity index is 507. The van der Waals surface area contributed by atoms with Crippen LogP contribution in [-0.2, 0) is 9.53 Å². The number of methoxy groups -OCH3 is 2. The minimum atomic E-state index is -1.12. The molecule has 1 aromatic rings. The highest BCUT2D eigenvalue weighted by atomic mass is 16.5. The number of para-hydroxylation sites is 1. The van der Waals surface area contributed by atoms with Crippen LogP contribution >= 0.6 is 0 Å². The Balaban J connectivity index is 3.24. The summed E-state index contributed by atoms with van der Waals surface area (Å²) in [6.07, 6.45) is 0. The maximum absolute atomic E-state index is 10.9. The van der Waals surface area contributed by atoms with Crippen LogP contribution in [0.25, 0.3) is 0 Å². The second kappa shape index (κ2) is 5.56. The molecule has 0 heterocycles. The van der Waals surface area contributed by atoms with E-state index in [0.29, 0.717) is 5.56 Å². The van der Waals surface area contributed by atoms with E-state index in [1.54, 1.807) is 6.07 Å². The predicted octanol–water partition coefficient (Wildman–Crippen LogP) is 0.918. The van der Waals surface area contributed by atoms with Crippen molar-refractivity contribution in [1.82, 2.24) is 0 Å². The topological polar surface area (TPSA) is 72.8 Å². The first-order valence-electron chi connectivity index (χ1n) is 4.60. The molecule has 17 heavy (non-hydrogen) atoms.